The van der Waals surface area contributed by atoms with Gasteiger partial charge in [0, 0.05) is 130 Å². The Kier molecular flexibility index (Phi) is 15.5. The van der Waals surface area contributed by atoms with E-state index in [-0.39, 0.29) is 70.2 Å². The van der Waals surface area contributed by atoms with Crippen molar-refractivity contribution < 1.29 is 43.9 Å². The van der Waals surface area contributed by atoms with E-state index in [4.69, 9.17) is 32.2 Å². The number of esters is 1. The van der Waals surface area contributed by atoms with E-state index in [1.54, 1.807) is 30.9 Å². The fourth-order valence-electron chi connectivity index (χ4n) is 16.8. The van der Waals surface area contributed by atoms with Crippen LogP contribution in [0.2, 0.25) is 0 Å². The number of thiocarbonyl (C=S) groups is 1. The Bertz CT molecular complexity index is 2710. The van der Waals surface area contributed by atoms with Crippen LogP contribution in [0.5, 0.6) is 11.5 Å². The molecule has 16 nitrogen and oxygen atoms in total. The average Bonchev–Trinajstić information content (AvgIpc) is 4.34. The molecule has 417 valence electrons. The summed E-state index contributed by atoms with van der Waals surface area (Å²) in [5.74, 6) is 2.69. The Morgan fingerprint density at radius 3 is 1.74 bits per heavy atom. The summed E-state index contributed by atoms with van der Waals surface area (Å²) in [5, 5.41) is 39.5. The van der Waals surface area contributed by atoms with Crippen molar-refractivity contribution in [1.29, 1.82) is 0 Å². The second kappa shape index (κ2) is 20.7. The minimum atomic E-state index is -1.51. The van der Waals surface area contributed by atoms with Crippen LogP contribution in [-0.4, -0.2) is 188 Å². The van der Waals surface area contributed by atoms with Gasteiger partial charge in [-0.3, -0.25) is 29.1 Å². The third-order valence-corrected chi connectivity index (χ3v) is 21.4. The molecule has 7 aliphatic heterocycles. The van der Waals surface area contributed by atoms with Crippen LogP contribution in [0.1, 0.15) is 90.7 Å². The number of likely N-dealkylation sites (N-methyl/N-ethyl adjacent to an activating group) is 2. The van der Waals surface area contributed by atoms with Gasteiger partial charge in [-0.1, -0.05) is 81.7 Å². The number of nitrogens with zero attached hydrogens (tertiary/aromatic N) is 5. The second-order valence-electron chi connectivity index (χ2n) is 23.4. The van der Waals surface area contributed by atoms with Crippen molar-refractivity contribution in [2.45, 2.75) is 138 Å². The Balaban J connectivity index is 0.000000156. The van der Waals surface area contributed by atoms with Gasteiger partial charge in [-0.25, -0.2) is 0 Å². The number of nitrogens with two attached hydrogens (primary N) is 1. The van der Waals surface area contributed by atoms with Gasteiger partial charge in [-0.2, -0.15) is 0 Å². The highest BCUT2D eigenvalue weighted by molar-refractivity contribution is 8.23. The van der Waals surface area contributed by atoms with Gasteiger partial charge in [0.05, 0.1) is 39.0 Å². The van der Waals surface area contributed by atoms with Crippen molar-refractivity contribution in [2.75, 3.05) is 89.7 Å². The molecule has 7 heterocycles. The van der Waals surface area contributed by atoms with Gasteiger partial charge in [0.15, 0.2) is 0 Å². The zero-order valence-corrected chi connectivity index (χ0v) is 46.8. The first-order valence-corrected chi connectivity index (χ1v) is 28.7. The summed E-state index contributed by atoms with van der Waals surface area (Å²) in [5.41, 5.74) is 6.06. The van der Waals surface area contributed by atoms with Crippen molar-refractivity contribution in [3.63, 3.8) is 0 Å². The van der Waals surface area contributed by atoms with E-state index in [0.29, 0.717) is 12.3 Å². The molecule has 4 aliphatic carbocycles. The lowest BCUT2D eigenvalue weighted by atomic mass is 9.47. The maximum Gasteiger partial charge on any atom is 0.303 e. The smallest absolute Gasteiger partial charge is 0.303 e. The summed E-state index contributed by atoms with van der Waals surface area (Å²) in [6.07, 6.45) is 14.1. The number of benzene rings is 2. The van der Waals surface area contributed by atoms with Gasteiger partial charge >= 0.3 is 5.97 Å². The quantitative estimate of drug-likeness (QED) is 0.0975. The van der Waals surface area contributed by atoms with E-state index in [0.717, 1.165) is 111 Å². The Hall–Kier alpha value is -4.21. The fraction of sp³-hybridized carbons (Fsp3) is 0.655. The second-order valence-corrected chi connectivity index (χ2v) is 25.1. The first-order valence-electron chi connectivity index (χ1n) is 27.3. The number of methoxy groups -OCH3 is 2. The third-order valence-electron chi connectivity index (χ3n) is 20.0. The molecule has 2 aromatic rings. The standard InChI is InChI=1S/C28H37N3O5.C22H31N3O3.C7H9NOS2.CH4.B/c1-5-26-11-6-13-31-14-12-27(23(26)31)20-10-9-19(35-4)15-21(20)30(3)24(27)28(34,25(26)36-17(2)32)16-29-22(33)18-7-8-18;1-4-20-8-5-10-25-11-9-21(17(20)25)15-7-6-14(28-3)12-16(15)24(2)18(21)22(27,13-23)19(20)26;9-6(5-1-2-5)8-3-4-11-7(8)10;;/h6,9-11,15,18,23-25,34H,5,7-8,12-14,16H2,1-4H3,(H,29,33);5-8,12,17-19,26-27H,4,9-11,13,23H2,1-3H3;5H,1-4H2;1H4;/t23-,24+,25+,26+,27+,28-;17-,18+,19+,20+,21+,22-;;;/m00.../s1. The highest BCUT2D eigenvalue weighted by Crippen LogP contribution is 2.69. The molecule has 2 aromatic carbocycles. The van der Waals surface area contributed by atoms with Crippen LogP contribution < -0.4 is 30.3 Å². The van der Waals surface area contributed by atoms with E-state index >= 15 is 0 Å². The number of carbonyl (C=O) groups is 3. The number of fused-ring (bicyclic) bond motifs is 2. The van der Waals surface area contributed by atoms with Gasteiger partial charge in [0.2, 0.25) is 11.8 Å². The lowest BCUT2D eigenvalue weighted by Gasteiger charge is -2.64. The lowest BCUT2D eigenvalue weighted by Crippen LogP contribution is -2.81. The number of aliphatic hydroxyl groups excluding tert-OH is 1. The molecule has 3 saturated heterocycles. The number of hydrogen-bond donors (Lipinski definition) is 5. The molecule has 4 saturated carbocycles. The number of hydrogen-bond acceptors (Lipinski definition) is 16. The van der Waals surface area contributed by atoms with E-state index in [9.17, 15) is 29.7 Å². The molecule has 2 amide bonds. The van der Waals surface area contributed by atoms with Gasteiger partial charge in [0.1, 0.15) is 33.1 Å². The topological polar surface area (TPSA) is 194 Å². The molecule has 19 heteroatoms. The number of nitrogens with one attached hydrogen (secondary N) is 1. The summed E-state index contributed by atoms with van der Waals surface area (Å²) < 4.78 is 18.0. The Morgan fingerprint density at radius 1 is 0.779 bits per heavy atom. The maximum absolute atomic E-state index is 12.9. The van der Waals surface area contributed by atoms with Crippen LogP contribution in [0.3, 0.4) is 0 Å². The van der Waals surface area contributed by atoms with Gasteiger partial charge in [0.25, 0.3) is 0 Å². The Labute approximate surface area is 467 Å². The van der Waals surface area contributed by atoms with Gasteiger partial charge in [-0.15, -0.1) is 0 Å². The highest BCUT2D eigenvalue weighted by Gasteiger charge is 2.79. The van der Waals surface area contributed by atoms with Crippen LogP contribution in [0, 0.1) is 22.7 Å². The molecule has 0 unspecified atom stereocenters. The molecule has 2 spiro atoms. The van der Waals surface area contributed by atoms with Crippen molar-refractivity contribution >= 4 is 65.9 Å². The van der Waals surface area contributed by atoms with E-state index in [2.05, 4.69) is 81.3 Å². The van der Waals surface area contributed by atoms with Crippen molar-refractivity contribution in [1.82, 2.24) is 20.0 Å². The number of carbonyl (C=O) groups excluding carboxylic acids is 3. The first kappa shape index (κ1) is 57.5. The van der Waals surface area contributed by atoms with Crippen LogP contribution in [0.15, 0.2) is 60.7 Å². The SMILES string of the molecule is C.CC[C@]12C=CCN3CC[C@@]4(c5ccc(OC)cc5N(C)[C@H]4[C@@](O)(CN)[C@@H]1O)[C@@H]32.CC[C@]12C=CCN3CC[C@@]4(c5ccc(OC)cc5N(C)[C@H]4[C@@](O)(CNC(=O)C4CC4)[C@@H]1OC(C)=O)[C@@H]32.O=C(C1CC1)N1CCSC1=S.[B]. The largest absolute Gasteiger partial charge is 0.497 e. The maximum atomic E-state index is 12.9. The van der Waals surface area contributed by atoms with Gasteiger partial charge in [-0.05, 0) is 87.7 Å². The third kappa shape index (κ3) is 8.18. The molecule has 7 fully saturated rings. The predicted molar refractivity (Wildman–Crippen MR) is 306 cm³/mol. The highest BCUT2D eigenvalue weighted by atomic mass is 32.2. The summed E-state index contributed by atoms with van der Waals surface area (Å²) in [7, 11) is 7.36. The number of thioether (sulfide) groups is 1. The van der Waals surface area contributed by atoms with Crippen molar-refractivity contribution in [2.24, 2.45) is 28.4 Å². The minimum absolute atomic E-state index is 0. The molecular weight excluding hydrogens is 1010 g/mol. The van der Waals surface area contributed by atoms with E-state index in [1.165, 1.54) is 18.1 Å². The number of anilines is 2. The molecule has 6 N–H and O–H groups in total. The minimum Gasteiger partial charge on any atom is -0.497 e. The monoisotopic (exact) mass is 1090 g/mol. The molecule has 3 radical (unpaired) electrons. The van der Waals surface area contributed by atoms with Crippen LogP contribution >= 0.6 is 24.0 Å². The fourth-order valence-corrected chi connectivity index (χ4v) is 18.0. The molecule has 0 bridgehead atoms. The summed E-state index contributed by atoms with van der Waals surface area (Å²) in [4.78, 5) is 47.9. The number of ether oxygens (including phenoxy) is 3. The van der Waals surface area contributed by atoms with Crippen molar-refractivity contribution in [3.05, 3.63) is 71.8 Å². The zero-order chi connectivity index (χ0) is 53.2. The number of rotatable bonds is 10. The number of aliphatic hydroxyl groups is 3. The summed E-state index contributed by atoms with van der Waals surface area (Å²) >= 11 is 6.65. The van der Waals surface area contributed by atoms with Crippen molar-refractivity contribution in [3.8, 4) is 11.5 Å². The molecular formula is C58H81BN7O9S2. The van der Waals surface area contributed by atoms with Crippen LogP contribution in [0.4, 0.5) is 11.4 Å². The molecule has 12 atom stereocenters. The van der Waals surface area contributed by atoms with E-state index in [1.807, 2.05) is 32.3 Å². The molecule has 0 aromatic heterocycles. The van der Waals surface area contributed by atoms with Crippen LogP contribution in [-0.2, 0) is 30.0 Å². The molecule has 11 aliphatic rings. The normalized spacial score (nSPS) is 37.2. The first-order chi connectivity index (χ1) is 35.9. The average molecular weight is 1100 g/mol. The summed E-state index contributed by atoms with van der Waals surface area (Å²) in [6.45, 7) is 10.1. The lowest BCUT2D eigenvalue weighted by molar-refractivity contribution is -0.217. The summed E-state index contributed by atoms with van der Waals surface area (Å²) in [6, 6.07) is 12.0. The van der Waals surface area contributed by atoms with Crippen LogP contribution in [0.25, 0.3) is 0 Å². The van der Waals surface area contributed by atoms with E-state index < -0.39 is 51.7 Å². The molecule has 13 rings (SSSR count). The van der Waals surface area contributed by atoms with Gasteiger partial charge < -0.3 is 50.4 Å². The molecule has 77 heavy (non-hydrogen) atoms. The Morgan fingerprint density at radius 2 is 1.29 bits per heavy atom. The zero-order valence-electron chi connectivity index (χ0n) is 45.2. The predicted octanol–water partition coefficient (Wildman–Crippen LogP) is 4.36. The number of amides is 2.